The molecule has 0 radical (unpaired) electrons. The second-order valence-corrected chi connectivity index (χ2v) is 8.71. The van der Waals surface area contributed by atoms with E-state index in [1.807, 2.05) is 13.0 Å². The number of nitrogens with one attached hydrogen (secondary N) is 2. The van der Waals surface area contributed by atoms with Gasteiger partial charge in [-0.15, -0.1) is 11.3 Å². The molecule has 2 N–H and O–H groups in total. The highest BCUT2D eigenvalue weighted by Crippen LogP contribution is 2.30. The summed E-state index contributed by atoms with van der Waals surface area (Å²) in [6, 6.07) is 6.44. The lowest BCUT2D eigenvalue weighted by atomic mass is 10.0. The quantitative estimate of drug-likeness (QED) is 0.516. The number of thiazole rings is 1. The molecule has 1 fully saturated rings. The average Bonchev–Trinajstić information content (AvgIpc) is 3.09. The van der Waals surface area contributed by atoms with Gasteiger partial charge in [0.15, 0.2) is 5.96 Å². The van der Waals surface area contributed by atoms with Crippen molar-refractivity contribution in [1.82, 2.24) is 15.6 Å². The fraction of sp³-hybridized carbons (Fsp3) is 0.545. The van der Waals surface area contributed by atoms with Crippen molar-refractivity contribution >= 4 is 23.0 Å². The summed E-state index contributed by atoms with van der Waals surface area (Å²) in [5.41, 5.74) is 2.24. The zero-order valence-corrected chi connectivity index (χ0v) is 19.4. The van der Waals surface area contributed by atoms with Crippen molar-refractivity contribution in [3.8, 4) is 11.5 Å². The van der Waals surface area contributed by atoms with E-state index in [9.17, 15) is 0 Å². The van der Waals surface area contributed by atoms with Crippen molar-refractivity contribution in [2.45, 2.75) is 46.2 Å². The molecule has 7 nitrogen and oxygen atoms in total. The second-order valence-electron chi connectivity index (χ2n) is 7.42. The molecule has 30 heavy (non-hydrogen) atoms. The number of methoxy groups -OCH3 is 2. The van der Waals surface area contributed by atoms with Crippen LogP contribution >= 0.6 is 11.3 Å². The zero-order valence-electron chi connectivity index (χ0n) is 18.6. The fourth-order valence-corrected chi connectivity index (χ4v) is 4.38. The smallest absolute Gasteiger partial charge is 0.191 e. The van der Waals surface area contributed by atoms with E-state index in [4.69, 9.17) is 14.5 Å². The van der Waals surface area contributed by atoms with Crippen LogP contribution in [-0.2, 0) is 6.54 Å². The number of nitrogens with zero attached hydrogens (tertiary/aromatic N) is 3. The first kappa shape index (κ1) is 22.2. The normalized spacial score (nSPS) is 15.2. The molecule has 0 atom stereocenters. The third kappa shape index (κ3) is 5.78. The Morgan fingerprint density at radius 3 is 2.37 bits per heavy atom. The Hall–Kier alpha value is -2.48. The third-order valence-corrected chi connectivity index (χ3v) is 6.38. The van der Waals surface area contributed by atoms with Gasteiger partial charge in [0.1, 0.15) is 16.5 Å². The van der Waals surface area contributed by atoms with E-state index in [0.717, 1.165) is 66.3 Å². The lowest BCUT2D eigenvalue weighted by Crippen LogP contribution is -2.48. The maximum Gasteiger partial charge on any atom is 0.191 e. The topological polar surface area (TPSA) is 71.0 Å². The molecule has 1 aliphatic heterocycles. The van der Waals surface area contributed by atoms with Crippen molar-refractivity contribution in [1.29, 1.82) is 0 Å². The van der Waals surface area contributed by atoms with Crippen LogP contribution in [0.15, 0.2) is 23.2 Å². The maximum absolute atomic E-state index is 5.41. The Balaban J connectivity index is 1.58. The average molecular weight is 432 g/mol. The van der Waals surface area contributed by atoms with E-state index in [1.165, 1.54) is 4.88 Å². The van der Waals surface area contributed by atoms with Crippen LogP contribution < -0.4 is 25.0 Å². The number of aliphatic imine (C=N–C) groups is 1. The first-order chi connectivity index (χ1) is 14.5. The van der Waals surface area contributed by atoms with E-state index < -0.39 is 0 Å². The predicted molar refractivity (Wildman–Crippen MR) is 124 cm³/mol. The SMILES string of the molecule is CCNC(=NCc1nc(C)c(C)s1)NC1CCN(c2cc(OC)cc(OC)c2)CC1. The summed E-state index contributed by atoms with van der Waals surface area (Å²) in [7, 11) is 3.37. The number of hydrogen-bond donors (Lipinski definition) is 2. The predicted octanol–water partition coefficient (Wildman–Crippen LogP) is 3.50. The Morgan fingerprint density at radius 1 is 1.17 bits per heavy atom. The summed E-state index contributed by atoms with van der Waals surface area (Å²) in [5.74, 6) is 2.50. The zero-order chi connectivity index (χ0) is 21.5. The molecule has 0 unspecified atom stereocenters. The van der Waals surface area contributed by atoms with Crippen LogP contribution in [0.3, 0.4) is 0 Å². The Kier molecular flexibility index (Phi) is 7.79. The molecule has 0 bridgehead atoms. The van der Waals surface area contributed by atoms with Crippen LogP contribution in [0.1, 0.15) is 35.3 Å². The molecule has 1 aromatic heterocycles. The summed E-state index contributed by atoms with van der Waals surface area (Å²) in [6.07, 6.45) is 2.08. The summed E-state index contributed by atoms with van der Waals surface area (Å²) < 4.78 is 10.8. The lowest BCUT2D eigenvalue weighted by molar-refractivity contribution is 0.393. The number of guanidine groups is 1. The highest BCUT2D eigenvalue weighted by atomic mass is 32.1. The minimum atomic E-state index is 0.395. The Bertz CT molecular complexity index is 817. The van der Waals surface area contributed by atoms with Gasteiger partial charge in [0, 0.05) is 54.4 Å². The van der Waals surface area contributed by atoms with Crippen LogP contribution in [0.5, 0.6) is 11.5 Å². The van der Waals surface area contributed by atoms with Crippen LogP contribution in [0.2, 0.25) is 0 Å². The maximum atomic E-state index is 5.41. The highest BCUT2D eigenvalue weighted by Gasteiger charge is 2.21. The Morgan fingerprint density at radius 2 is 1.83 bits per heavy atom. The highest BCUT2D eigenvalue weighted by molar-refractivity contribution is 7.11. The molecule has 2 aromatic rings. The van der Waals surface area contributed by atoms with E-state index in [1.54, 1.807) is 25.6 Å². The molecule has 1 saturated heterocycles. The minimum absolute atomic E-state index is 0.395. The van der Waals surface area contributed by atoms with Gasteiger partial charge >= 0.3 is 0 Å². The molecule has 3 rings (SSSR count). The molecular weight excluding hydrogens is 398 g/mol. The second kappa shape index (κ2) is 10.5. The number of aryl methyl sites for hydroxylation is 2. The summed E-state index contributed by atoms with van der Waals surface area (Å²) in [4.78, 5) is 13.0. The molecule has 164 valence electrons. The van der Waals surface area contributed by atoms with Gasteiger partial charge in [-0.05, 0) is 33.6 Å². The largest absolute Gasteiger partial charge is 0.497 e. The number of aromatic nitrogens is 1. The summed E-state index contributed by atoms with van der Waals surface area (Å²) >= 11 is 1.72. The van der Waals surface area contributed by atoms with Gasteiger partial charge in [-0.3, -0.25) is 0 Å². The molecule has 1 aliphatic rings. The van der Waals surface area contributed by atoms with Gasteiger partial charge in [0.2, 0.25) is 0 Å². The molecule has 0 aliphatic carbocycles. The fourth-order valence-electron chi connectivity index (χ4n) is 3.52. The molecule has 2 heterocycles. The van der Waals surface area contributed by atoms with Gasteiger partial charge in [-0.2, -0.15) is 0 Å². The molecule has 0 saturated carbocycles. The van der Waals surface area contributed by atoms with Crippen LogP contribution in [0, 0.1) is 13.8 Å². The van der Waals surface area contributed by atoms with Crippen molar-refractivity contribution in [3.05, 3.63) is 33.8 Å². The van der Waals surface area contributed by atoms with Crippen molar-refractivity contribution in [3.63, 3.8) is 0 Å². The minimum Gasteiger partial charge on any atom is -0.497 e. The number of anilines is 1. The van der Waals surface area contributed by atoms with Gasteiger partial charge in [0.25, 0.3) is 0 Å². The Labute approximate surface area is 183 Å². The van der Waals surface area contributed by atoms with Gasteiger partial charge in [-0.25, -0.2) is 9.98 Å². The molecule has 8 heteroatoms. The summed E-state index contributed by atoms with van der Waals surface area (Å²) in [6.45, 7) is 9.63. The number of piperidine rings is 1. The van der Waals surface area contributed by atoms with Crippen LogP contribution in [0.4, 0.5) is 5.69 Å². The van der Waals surface area contributed by atoms with Crippen molar-refractivity contribution < 1.29 is 9.47 Å². The molecular formula is C22H33N5O2S. The number of rotatable bonds is 7. The van der Waals surface area contributed by atoms with E-state index in [-0.39, 0.29) is 0 Å². The van der Waals surface area contributed by atoms with Gasteiger partial charge in [-0.1, -0.05) is 0 Å². The number of hydrogen-bond acceptors (Lipinski definition) is 6. The van der Waals surface area contributed by atoms with E-state index in [0.29, 0.717) is 12.6 Å². The van der Waals surface area contributed by atoms with E-state index in [2.05, 4.69) is 46.5 Å². The molecule has 0 spiro atoms. The van der Waals surface area contributed by atoms with E-state index >= 15 is 0 Å². The van der Waals surface area contributed by atoms with Gasteiger partial charge in [0.05, 0.1) is 26.5 Å². The molecule has 0 amide bonds. The van der Waals surface area contributed by atoms with Crippen LogP contribution in [0.25, 0.3) is 0 Å². The first-order valence-corrected chi connectivity index (χ1v) is 11.3. The third-order valence-electron chi connectivity index (χ3n) is 5.33. The van der Waals surface area contributed by atoms with Gasteiger partial charge < -0.3 is 25.0 Å². The first-order valence-electron chi connectivity index (χ1n) is 10.5. The monoisotopic (exact) mass is 431 g/mol. The van der Waals surface area contributed by atoms with Crippen molar-refractivity contribution in [2.24, 2.45) is 4.99 Å². The van der Waals surface area contributed by atoms with Crippen molar-refractivity contribution in [2.75, 3.05) is 38.8 Å². The summed E-state index contributed by atoms with van der Waals surface area (Å²) in [5, 5.41) is 8.03. The van der Waals surface area contributed by atoms with Crippen LogP contribution in [-0.4, -0.2) is 50.8 Å². The molecule has 1 aromatic carbocycles. The number of ether oxygens (including phenoxy) is 2. The number of benzene rings is 1. The lowest BCUT2D eigenvalue weighted by Gasteiger charge is -2.34. The standard InChI is InChI=1S/C22H33N5O2S/c1-6-23-22(24-14-21-25-15(2)16(3)30-21)26-17-7-9-27(10-8-17)18-11-19(28-4)13-20(12-18)29-5/h11-13,17H,6-10,14H2,1-5H3,(H2,23,24,26).